The molecule has 0 unspecified atom stereocenters. The second kappa shape index (κ2) is 11.3. The summed E-state index contributed by atoms with van der Waals surface area (Å²) in [4.78, 5) is 52.6. The molecule has 1 fully saturated rings. The summed E-state index contributed by atoms with van der Waals surface area (Å²) < 4.78 is 8.09. The molecule has 0 radical (unpaired) electrons. The number of hydrogen-bond donors (Lipinski definition) is 1. The van der Waals surface area contributed by atoms with Crippen LogP contribution < -0.4 is 21.5 Å². The number of aromatic nitrogens is 2. The van der Waals surface area contributed by atoms with Gasteiger partial charge in [-0.15, -0.1) is 0 Å². The quantitative estimate of drug-likeness (QED) is 0.327. The molecule has 4 aromatic rings. The van der Waals surface area contributed by atoms with Gasteiger partial charge in [0.15, 0.2) is 0 Å². The third kappa shape index (κ3) is 5.46. The van der Waals surface area contributed by atoms with Crippen molar-refractivity contribution in [1.29, 1.82) is 0 Å². The van der Waals surface area contributed by atoms with E-state index in [1.165, 1.54) is 4.57 Å². The Balaban J connectivity index is 1.29. The van der Waals surface area contributed by atoms with Crippen LogP contribution in [0.15, 0.2) is 80.9 Å². The van der Waals surface area contributed by atoms with Crippen LogP contribution in [0, 0.1) is 0 Å². The van der Waals surface area contributed by atoms with Gasteiger partial charge in [-0.05, 0) is 61.2 Å². The lowest BCUT2D eigenvalue weighted by molar-refractivity contribution is -0.121. The van der Waals surface area contributed by atoms with Crippen molar-refractivity contribution in [2.24, 2.45) is 0 Å². The van der Waals surface area contributed by atoms with E-state index < -0.39 is 0 Å². The number of para-hydroxylation sites is 1. The Morgan fingerprint density at radius 1 is 0.921 bits per heavy atom. The number of unbranched alkanes of at least 4 members (excludes halogenated alkanes) is 1. The van der Waals surface area contributed by atoms with Crippen LogP contribution in [0.4, 0.5) is 5.69 Å². The third-order valence-electron chi connectivity index (χ3n) is 6.87. The maximum Gasteiger partial charge on any atom is 0.331 e. The van der Waals surface area contributed by atoms with E-state index in [-0.39, 0.29) is 29.6 Å². The zero-order chi connectivity index (χ0) is 26.5. The highest BCUT2D eigenvalue weighted by molar-refractivity contribution is 5.95. The lowest BCUT2D eigenvalue weighted by Crippen LogP contribution is -2.40. The van der Waals surface area contributed by atoms with Gasteiger partial charge < -0.3 is 14.6 Å². The van der Waals surface area contributed by atoms with Crippen molar-refractivity contribution < 1.29 is 14.0 Å². The standard InChI is InChI=1S/C29H30N4O5/c34-26(30-19-23-7-6-18-38-23)10-3-4-16-32-28(36)24-8-1-2-9-25(24)33(29(32)37)20-21-12-14-22(15-13-21)31-17-5-11-27(31)35/h1-2,6-9,12-15,18H,3-5,10-11,16-17,19-20H2,(H,30,34). The highest BCUT2D eigenvalue weighted by atomic mass is 16.3. The maximum atomic E-state index is 13.5. The van der Waals surface area contributed by atoms with E-state index in [0.717, 1.165) is 24.2 Å². The number of benzene rings is 2. The summed E-state index contributed by atoms with van der Waals surface area (Å²) in [5.74, 6) is 0.701. The molecule has 5 rings (SSSR count). The second-order valence-electron chi connectivity index (χ2n) is 9.47. The summed E-state index contributed by atoms with van der Waals surface area (Å²) in [6.07, 6.45) is 4.34. The van der Waals surface area contributed by atoms with Gasteiger partial charge in [0, 0.05) is 31.6 Å². The second-order valence-corrected chi connectivity index (χ2v) is 9.47. The van der Waals surface area contributed by atoms with E-state index in [9.17, 15) is 19.2 Å². The van der Waals surface area contributed by atoms with Crippen molar-refractivity contribution in [2.75, 3.05) is 11.4 Å². The minimum atomic E-state index is -0.380. The molecule has 2 aromatic carbocycles. The fourth-order valence-electron chi connectivity index (χ4n) is 4.85. The number of carbonyl (C=O) groups excluding carboxylic acids is 2. The van der Waals surface area contributed by atoms with Crippen LogP contribution in [0.5, 0.6) is 0 Å². The normalized spacial score (nSPS) is 13.4. The number of amides is 2. The maximum absolute atomic E-state index is 13.5. The van der Waals surface area contributed by atoms with Gasteiger partial charge in [0.1, 0.15) is 5.76 Å². The van der Waals surface area contributed by atoms with Gasteiger partial charge in [0.2, 0.25) is 11.8 Å². The zero-order valence-corrected chi connectivity index (χ0v) is 21.1. The molecule has 1 aliphatic rings. The van der Waals surface area contributed by atoms with Crippen molar-refractivity contribution in [3.05, 3.63) is 99.1 Å². The number of hydrogen-bond acceptors (Lipinski definition) is 5. The number of furan rings is 1. The third-order valence-corrected chi connectivity index (χ3v) is 6.87. The number of nitrogens with one attached hydrogen (secondary N) is 1. The van der Waals surface area contributed by atoms with Crippen LogP contribution in [-0.4, -0.2) is 27.5 Å². The molecule has 1 saturated heterocycles. The zero-order valence-electron chi connectivity index (χ0n) is 21.1. The number of rotatable bonds is 10. The summed E-state index contributed by atoms with van der Waals surface area (Å²) in [5, 5.41) is 3.28. The lowest BCUT2D eigenvalue weighted by atomic mass is 10.1. The first-order valence-corrected chi connectivity index (χ1v) is 12.9. The Morgan fingerprint density at radius 2 is 1.74 bits per heavy atom. The van der Waals surface area contributed by atoms with Crippen LogP contribution >= 0.6 is 0 Å². The summed E-state index contributed by atoms with van der Waals surface area (Å²) in [6, 6.07) is 18.3. The summed E-state index contributed by atoms with van der Waals surface area (Å²) in [7, 11) is 0. The van der Waals surface area contributed by atoms with E-state index >= 15 is 0 Å². The minimum absolute atomic E-state index is 0.108. The SMILES string of the molecule is O=C(CCCCn1c(=O)c2ccccc2n(Cc2ccc(N3CCCC3=O)cc2)c1=O)NCc1ccco1. The van der Waals surface area contributed by atoms with Crippen LogP contribution in [0.1, 0.15) is 43.4 Å². The molecule has 1 N–H and O–H groups in total. The van der Waals surface area contributed by atoms with Crippen molar-refractivity contribution in [2.45, 2.75) is 51.7 Å². The molecule has 9 nitrogen and oxygen atoms in total. The average molecular weight is 515 g/mol. The Hall–Kier alpha value is -4.40. The Morgan fingerprint density at radius 3 is 2.47 bits per heavy atom. The van der Waals surface area contributed by atoms with E-state index in [0.29, 0.717) is 55.4 Å². The number of carbonyl (C=O) groups is 2. The average Bonchev–Trinajstić information content (AvgIpc) is 3.61. The van der Waals surface area contributed by atoms with Gasteiger partial charge in [-0.25, -0.2) is 4.79 Å². The molecule has 1 aliphatic heterocycles. The van der Waals surface area contributed by atoms with Crippen molar-refractivity contribution in [1.82, 2.24) is 14.5 Å². The summed E-state index contributed by atoms with van der Waals surface area (Å²) in [5.41, 5.74) is 1.62. The molecule has 0 aliphatic carbocycles. The highest BCUT2D eigenvalue weighted by Gasteiger charge is 2.21. The van der Waals surface area contributed by atoms with E-state index in [1.807, 2.05) is 30.3 Å². The number of fused-ring (bicyclic) bond motifs is 1. The Kier molecular flexibility index (Phi) is 7.53. The van der Waals surface area contributed by atoms with Gasteiger partial charge in [0.25, 0.3) is 5.56 Å². The molecule has 0 spiro atoms. The monoisotopic (exact) mass is 514 g/mol. The molecule has 0 saturated carbocycles. The summed E-state index contributed by atoms with van der Waals surface area (Å²) >= 11 is 0. The largest absolute Gasteiger partial charge is 0.467 e. The fourth-order valence-corrected chi connectivity index (χ4v) is 4.85. The van der Waals surface area contributed by atoms with Crippen LogP contribution in [0.25, 0.3) is 10.9 Å². The molecule has 2 aromatic heterocycles. The van der Waals surface area contributed by atoms with Crippen LogP contribution in [-0.2, 0) is 29.2 Å². The first-order valence-electron chi connectivity index (χ1n) is 12.9. The minimum Gasteiger partial charge on any atom is -0.467 e. The van der Waals surface area contributed by atoms with Gasteiger partial charge in [0.05, 0.1) is 30.3 Å². The van der Waals surface area contributed by atoms with Crippen LogP contribution in [0.2, 0.25) is 0 Å². The molecule has 9 heteroatoms. The van der Waals surface area contributed by atoms with Gasteiger partial charge in [-0.3, -0.25) is 23.5 Å². The van der Waals surface area contributed by atoms with Gasteiger partial charge in [-0.2, -0.15) is 0 Å². The Bertz CT molecular complexity index is 1550. The first-order chi connectivity index (χ1) is 18.5. The topological polar surface area (TPSA) is 107 Å². The van der Waals surface area contributed by atoms with Gasteiger partial charge >= 0.3 is 5.69 Å². The molecule has 0 bridgehead atoms. The summed E-state index contributed by atoms with van der Waals surface area (Å²) in [6.45, 7) is 1.57. The van der Waals surface area contributed by atoms with Crippen molar-refractivity contribution in [3.8, 4) is 0 Å². The number of anilines is 1. The molecule has 38 heavy (non-hydrogen) atoms. The molecule has 2 amide bonds. The fraction of sp³-hybridized carbons (Fsp3) is 0.310. The smallest absolute Gasteiger partial charge is 0.331 e. The van der Waals surface area contributed by atoms with Crippen molar-refractivity contribution in [3.63, 3.8) is 0 Å². The highest BCUT2D eigenvalue weighted by Crippen LogP contribution is 2.22. The van der Waals surface area contributed by atoms with E-state index in [1.54, 1.807) is 46.1 Å². The van der Waals surface area contributed by atoms with E-state index in [4.69, 9.17) is 4.42 Å². The molecular formula is C29H30N4O5. The van der Waals surface area contributed by atoms with E-state index in [2.05, 4.69) is 5.32 Å². The number of nitrogens with zero attached hydrogens (tertiary/aromatic N) is 3. The first kappa shape index (κ1) is 25.3. The predicted octanol–water partition coefficient (Wildman–Crippen LogP) is 3.42. The lowest BCUT2D eigenvalue weighted by Gasteiger charge is -2.17. The molecule has 196 valence electrons. The predicted molar refractivity (Wildman–Crippen MR) is 144 cm³/mol. The molecular weight excluding hydrogens is 484 g/mol. The van der Waals surface area contributed by atoms with Crippen LogP contribution in [0.3, 0.4) is 0 Å². The molecule has 3 heterocycles. The Labute approximate surface area is 219 Å². The molecule has 0 atom stereocenters. The van der Waals surface area contributed by atoms with Crippen molar-refractivity contribution >= 4 is 28.4 Å². The van der Waals surface area contributed by atoms with Gasteiger partial charge in [-0.1, -0.05) is 24.3 Å².